The van der Waals surface area contributed by atoms with Gasteiger partial charge in [0.05, 0.1) is 21.3 Å². The molecule has 0 aliphatic heterocycles. The van der Waals surface area contributed by atoms with Crippen LogP contribution in [-0.4, -0.2) is 11.8 Å². The molecule has 154 valence electrons. The molecule has 0 unspecified atom stereocenters. The summed E-state index contributed by atoms with van der Waals surface area (Å²) >= 11 is 18.0. The molecule has 0 saturated heterocycles. The highest BCUT2D eigenvalue weighted by molar-refractivity contribution is 6.36. The standard InChI is InChI=1S/C23H14Cl3N3O2/c24-16-8-9-20(26)21(12-16)29-22(30)15(13-27)10-14-4-3-5-17(11-14)28-23(31)18-6-1-2-7-19(18)25/h1-12H,(H,28,31)(H,29,30)/b15-10+. The van der Waals surface area contributed by atoms with Crippen LogP contribution in [0, 0.1) is 11.3 Å². The predicted octanol–water partition coefficient (Wildman–Crippen LogP) is 6.44. The van der Waals surface area contributed by atoms with Gasteiger partial charge in [0, 0.05) is 10.7 Å². The van der Waals surface area contributed by atoms with Crippen LogP contribution < -0.4 is 10.6 Å². The van der Waals surface area contributed by atoms with Crippen molar-refractivity contribution in [3.63, 3.8) is 0 Å². The minimum Gasteiger partial charge on any atom is -0.322 e. The Morgan fingerprint density at radius 2 is 1.65 bits per heavy atom. The second-order valence-corrected chi connectivity index (χ2v) is 7.56. The Balaban J connectivity index is 1.79. The van der Waals surface area contributed by atoms with E-state index in [1.807, 2.05) is 6.07 Å². The molecular formula is C23H14Cl3N3O2. The fraction of sp³-hybridized carbons (Fsp3) is 0. The summed E-state index contributed by atoms with van der Waals surface area (Å²) in [6.45, 7) is 0. The Hall–Kier alpha value is -3.30. The quantitative estimate of drug-likeness (QED) is 0.332. The molecule has 0 aromatic heterocycles. The smallest absolute Gasteiger partial charge is 0.266 e. The molecule has 0 aliphatic carbocycles. The first kappa shape index (κ1) is 22.4. The van der Waals surface area contributed by atoms with Crippen molar-refractivity contribution in [2.45, 2.75) is 0 Å². The zero-order chi connectivity index (χ0) is 22.4. The van der Waals surface area contributed by atoms with Gasteiger partial charge in [-0.15, -0.1) is 0 Å². The number of nitrogens with zero attached hydrogens (tertiary/aromatic N) is 1. The van der Waals surface area contributed by atoms with Gasteiger partial charge in [0.1, 0.15) is 11.6 Å². The molecule has 0 atom stereocenters. The van der Waals surface area contributed by atoms with E-state index >= 15 is 0 Å². The van der Waals surface area contributed by atoms with E-state index in [9.17, 15) is 14.9 Å². The van der Waals surface area contributed by atoms with Crippen molar-refractivity contribution >= 4 is 64.1 Å². The lowest BCUT2D eigenvalue weighted by atomic mass is 10.1. The van der Waals surface area contributed by atoms with E-state index < -0.39 is 5.91 Å². The van der Waals surface area contributed by atoms with Crippen LogP contribution in [0.3, 0.4) is 0 Å². The average Bonchev–Trinajstić information content (AvgIpc) is 2.75. The van der Waals surface area contributed by atoms with Gasteiger partial charge in [0.15, 0.2) is 0 Å². The number of rotatable bonds is 5. The summed E-state index contributed by atoms with van der Waals surface area (Å²) in [5.74, 6) is -1.02. The highest BCUT2D eigenvalue weighted by atomic mass is 35.5. The maximum Gasteiger partial charge on any atom is 0.266 e. The Morgan fingerprint density at radius 3 is 2.39 bits per heavy atom. The third-order valence-electron chi connectivity index (χ3n) is 4.12. The molecule has 0 aliphatic rings. The second kappa shape index (κ2) is 10.1. The molecule has 8 heteroatoms. The summed E-state index contributed by atoms with van der Waals surface area (Å²) in [6, 6.07) is 19.9. The molecular weight excluding hydrogens is 457 g/mol. The third-order valence-corrected chi connectivity index (χ3v) is 5.01. The molecule has 0 fully saturated rings. The summed E-state index contributed by atoms with van der Waals surface area (Å²) in [6.07, 6.45) is 1.40. The van der Waals surface area contributed by atoms with Crippen molar-refractivity contribution in [1.82, 2.24) is 0 Å². The van der Waals surface area contributed by atoms with Crippen LogP contribution in [0.1, 0.15) is 15.9 Å². The summed E-state index contributed by atoms with van der Waals surface area (Å²) in [4.78, 5) is 25.0. The van der Waals surface area contributed by atoms with E-state index in [1.165, 1.54) is 12.1 Å². The number of carbonyl (C=O) groups is 2. The fourth-order valence-electron chi connectivity index (χ4n) is 2.65. The normalized spacial score (nSPS) is 10.8. The van der Waals surface area contributed by atoms with Gasteiger partial charge in [0.2, 0.25) is 0 Å². The number of halogens is 3. The number of hydrogen-bond acceptors (Lipinski definition) is 3. The minimum absolute atomic E-state index is 0.148. The van der Waals surface area contributed by atoms with Gasteiger partial charge in [-0.05, 0) is 54.1 Å². The first-order chi connectivity index (χ1) is 14.9. The topological polar surface area (TPSA) is 82.0 Å². The number of anilines is 2. The van der Waals surface area contributed by atoms with Gasteiger partial charge < -0.3 is 10.6 Å². The maximum absolute atomic E-state index is 12.5. The molecule has 0 radical (unpaired) electrons. The van der Waals surface area contributed by atoms with Crippen LogP contribution in [0.15, 0.2) is 72.3 Å². The van der Waals surface area contributed by atoms with E-state index in [1.54, 1.807) is 60.7 Å². The fourth-order valence-corrected chi connectivity index (χ4v) is 3.21. The Bertz CT molecular complexity index is 1230. The maximum atomic E-state index is 12.5. The largest absolute Gasteiger partial charge is 0.322 e. The number of benzene rings is 3. The van der Waals surface area contributed by atoms with E-state index in [0.717, 1.165) is 0 Å². The lowest BCUT2D eigenvalue weighted by Gasteiger charge is -2.08. The van der Waals surface area contributed by atoms with Crippen LogP contribution in [0.5, 0.6) is 0 Å². The third kappa shape index (κ3) is 5.87. The lowest BCUT2D eigenvalue weighted by Crippen LogP contribution is -2.14. The minimum atomic E-state index is -0.642. The van der Waals surface area contributed by atoms with E-state index in [4.69, 9.17) is 34.8 Å². The number of carbonyl (C=O) groups excluding carboxylic acids is 2. The van der Waals surface area contributed by atoms with Crippen LogP contribution in [0.25, 0.3) is 6.08 Å². The SMILES string of the molecule is N#C/C(=C\c1cccc(NC(=O)c2ccccc2Cl)c1)C(=O)Nc1cc(Cl)ccc1Cl. The highest BCUT2D eigenvalue weighted by Crippen LogP contribution is 2.26. The Morgan fingerprint density at radius 1 is 0.871 bits per heavy atom. The van der Waals surface area contributed by atoms with Crippen LogP contribution >= 0.6 is 34.8 Å². The van der Waals surface area contributed by atoms with Gasteiger partial charge >= 0.3 is 0 Å². The molecule has 3 aromatic carbocycles. The van der Waals surface area contributed by atoms with E-state index in [0.29, 0.717) is 37.6 Å². The van der Waals surface area contributed by atoms with Gasteiger partial charge in [-0.2, -0.15) is 5.26 Å². The molecule has 2 N–H and O–H groups in total. The van der Waals surface area contributed by atoms with Crippen molar-refractivity contribution in [3.8, 4) is 6.07 Å². The number of amides is 2. The van der Waals surface area contributed by atoms with E-state index in [2.05, 4.69) is 10.6 Å². The van der Waals surface area contributed by atoms with Gasteiger partial charge in [-0.25, -0.2) is 0 Å². The van der Waals surface area contributed by atoms with Crippen molar-refractivity contribution in [1.29, 1.82) is 5.26 Å². The average molecular weight is 471 g/mol. The van der Waals surface area contributed by atoms with Crippen LogP contribution in [0.4, 0.5) is 11.4 Å². The van der Waals surface area contributed by atoms with Crippen molar-refractivity contribution in [2.24, 2.45) is 0 Å². The van der Waals surface area contributed by atoms with Gasteiger partial charge in [-0.3, -0.25) is 9.59 Å². The van der Waals surface area contributed by atoms with Crippen molar-refractivity contribution < 1.29 is 9.59 Å². The predicted molar refractivity (Wildman–Crippen MR) is 125 cm³/mol. The second-order valence-electron chi connectivity index (χ2n) is 6.31. The summed E-state index contributed by atoms with van der Waals surface area (Å²) in [7, 11) is 0. The highest BCUT2D eigenvalue weighted by Gasteiger charge is 2.13. The first-order valence-electron chi connectivity index (χ1n) is 8.91. The zero-order valence-electron chi connectivity index (χ0n) is 15.8. The molecule has 3 rings (SSSR count). The molecule has 2 amide bonds. The molecule has 0 heterocycles. The van der Waals surface area contributed by atoms with Crippen LogP contribution in [0.2, 0.25) is 15.1 Å². The lowest BCUT2D eigenvalue weighted by molar-refractivity contribution is -0.112. The van der Waals surface area contributed by atoms with Gasteiger partial charge in [0.25, 0.3) is 11.8 Å². The summed E-state index contributed by atoms with van der Waals surface area (Å²) < 4.78 is 0. The number of nitrogens with one attached hydrogen (secondary N) is 2. The number of hydrogen-bond donors (Lipinski definition) is 2. The molecule has 31 heavy (non-hydrogen) atoms. The van der Waals surface area contributed by atoms with Crippen molar-refractivity contribution in [3.05, 3.63) is 98.5 Å². The molecule has 0 bridgehead atoms. The molecule has 0 spiro atoms. The van der Waals surface area contributed by atoms with E-state index in [-0.39, 0.29) is 11.5 Å². The van der Waals surface area contributed by atoms with Crippen LogP contribution in [-0.2, 0) is 4.79 Å². The Kier molecular flexibility index (Phi) is 7.32. The van der Waals surface area contributed by atoms with Crippen molar-refractivity contribution in [2.75, 3.05) is 10.6 Å². The summed E-state index contributed by atoms with van der Waals surface area (Å²) in [5.41, 5.74) is 1.50. The molecule has 0 saturated carbocycles. The number of nitriles is 1. The first-order valence-corrected chi connectivity index (χ1v) is 10.0. The summed E-state index contributed by atoms with van der Waals surface area (Å²) in [5, 5.41) is 15.8. The molecule has 5 nitrogen and oxygen atoms in total. The molecule has 3 aromatic rings. The zero-order valence-corrected chi connectivity index (χ0v) is 18.1. The monoisotopic (exact) mass is 469 g/mol. The Labute approximate surface area is 193 Å². The van der Waals surface area contributed by atoms with Gasteiger partial charge in [-0.1, -0.05) is 59.1 Å².